The standard InChI is InChI=1S/C14H19ClN2OS/c1-10-14(18)17(7-4-8-19-2)13(16-10)11-5-3-6-12(15)9-11/h3,5-6,9-10,13,16H,4,7-8H2,1-2H3. The van der Waals surface area contributed by atoms with Gasteiger partial charge in [-0.05, 0) is 43.0 Å². The summed E-state index contributed by atoms with van der Waals surface area (Å²) in [7, 11) is 0. The van der Waals surface area contributed by atoms with E-state index < -0.39 is 0 Å². The average molecular weight is 299 g/mol. The highest BCUT2D eigenvalue weighted by Gasteiger charge is 2.36. The monoisotopic (exact) mass is 298 g/mol. The van der Waals surface area contributed by atoms with Crippen molar-refractivity contribution in [2.75, 3.05) is 18.6 Å². The van der Waals surface area contributed by atoms with Crippen molar-refractivity contribution in [3.8, 4) is 0 Å². The summed E-state index contributed by atoms with van der Waals surface area (Å²) in [5.74, 6) is 1.24. The van der Waals surface area contributed by atoms with Crippen molar-refractivity contribution in [1.29, 1.82) is 0 Å². The Hall–Kier alpha value is -0.710. The number of hydrogen-bond donors (Lipinski definition) is 1. The lowest BCUT2D eigenvalue weighted by molar-refractivity contribution is -0.129. The van der Waals surface area contributed by atoms with Gasteiger partial charge in [0.1, 0.15) is 6.17 Å². The lowest BCUT2D eigenvalue weighted by Crippen LogP contribution is -2.31. The number of benzene rings is 1. The van der Waals surface area contributed by atoms with E-state index in [1.54, 1.807) is 0 Å². The number of amides is 1. The molecule has 1 N–H and O–H groups in total. The Balaban J connectivity index is 2.15. The maximum Gasteiger partial charge on any atom is 0.241 e. The SMILES string of the molecule is CSCCCN1C(=O)C(C)NC1c1cccc(Cl)c1. The molecule has 0 bridgehead atoms. The number of nitrogens with one attached hydrogen (secondary N) is 1. The van der Waals surface area contributed by atoms with Gasteiger partial charge in [-0.3, -0.25) is 10.1 Å². The predicted molar refractivity (Wildman–Crippen MR) is 81.5 cm³/mol. The fraction of sp³-hybridized carbons (Fsp3) is 0.500. The molecule has 1 aromatic carbocycles. The number of halogens is 1. The molecule has 1 aliphatic heterocycles. The Labute approximate surface area is 123 Å². The van der Waals surface area contributed by atoms with E-state index >= 15 is 0 Å². The molecule has 0 aromatic heterocycles. The topological polar surface area (TPSA) is 32.3 Å². The third-order valence-corrected chi connectivity index (χ3v) is 4.22. The van der Waals surface area contributed by atoms with Crippen molar-refractivity contribution < 1.29 is 4.79 Å². The largest absolute Gasteiger partial charge is 0.322 e. The van der Waals surface area contributed by atoms with E-state index in [1.165, 1.54) is 0 Å². The summed E-state index contributed by atoms with van der Waals surface area (Å²) in [5, 5.41) is 4.04. The van der Waals surface area contributed by atoms with Crippen LogP contribution in [0.15, 0.2) is 24.3 Å². The number of hydrogen-bond acceptors (Lipinski definition) is 3. The third-order valence-electron chi connectivity index (χ3n) is 3.28. The van der Waals surface area contributed by atoms with Crippen LogP contribution < -0.4 is 5.32 Å². The second kappa shape index (κ2) is 6.64. The summed E-state index contributed by atoms with van der Waals surface area (Å²) in [6, 6.07) is 7.58. The summed E-state index contributed by atoms with van der Waals surface area (Å²) in [5.41, 5.74) is 1.05. The molecule has 19 heavy (non-hydrogen) atoms. The fourth-order valence-electron chi connectivity index (χ4n) is 2.35. The zero-order chi connectivity index (χ0) is 13.8. The lowest BCUT2D eigenvalue weighted by atomic mass is 10.1. The quantitative estimate of drug-likeness (QED) is 0.848. The van der Waals surface area contributed by atoms with Crippen molar-refractivity contribution in [3.05, 3.63) is 34.9 Å². The number of thioether (sulfide) groups is 1. The van der Waals surface area contributed by atoms with Gasteiger partial charge in [-0.1, -0.05) is 23.7 Å². The molecule has 2 rings (SSSR count). The van der Waals surface area contributed by atoms with Crippen molar-refractivity contribution in [2.24, 2.45) is 0 Å². The molecule has 1 saturated heterocycles. The van der Waals surface area contributed by atoms with E-state index in [0.29, 0.717) is 5.02 Å². The zero-order valence-electron chi connectivity index (χ0n) is 11.2. The summed E-state index contributed by atoms with van der Waals surface area (Å²) in [6.45, 7) is 2.70. The summed E-state index contributed by atoms with van der Waals surface area (Å²) >= 11 is 7.84. The molecular formula is C14H19ClN2OS. The number of carbonyl (C=O) groups is 1. The minimum absolute atomic E-state index is 0.0527. The zero-order valence-corrected chi connectivity index (χ0v) is 12.8. The second-order valence-electron chi connectivity index (χ2n) is 4.72. The normalized spacial score (nSPS) is 23.1. The molecule has 1 aliphatic rings. The first-order chi connectivity index (χ1) is 9.13. The first-order valence-electron chi connectivity index (χ1n) is 6.44. The van der Waals surface area contributed by atoms with E-state index in [2.05, 4.69) is 11.6 Å². The third kappa shape index (κ3) is 3.44. The van der Waals surface area contributed by atoms with Gasteiger partial charge in [0.05, 0.1) is 6.04 Å². The van der Waals surface area contributed by atoms with Gasteiger partial charge in [-0.2, -0.15) is 11.8 Å². The highest BCUT2D eigenvalue weighted by atomic mass is 35.5. The van der Waals surface area contributed by atoms with Gasteiger partial charge in [0.25, 0.3) is 0 Å². The summed E-state index contributed by atoms with van der Waals surface area (Å²) < 4.78 is 0. The van der Waals surface area contributed by atoms with Crippen molar-refractivity contribution in [1.82, 2.24) is 10.2 Å². The lowest BCUT2D eigenvalue weighted by Gasteiger charge is -2.24. The van der Waals surface area contributed by atoms with Crippen molar-refractivity contribution in [2.45, 2.75) is 25.6 Å². The maximum atomic E-state index is 12.2. The van der Waals surface area contributed by atoms with Crippen molar-refractivity contribution >= 4 is 29.3 Å². The number of rotatable bonds is 5. The Morgan fingerprint density at radius 2 is 2.26 bits per heavy atom. The molecule has 2 atom stereocenters. The average Bonchev–Trinajstić information content (AvgIpc) is 2.67. The smallest absolute Gasteiger partial charge is 0.241 e. The van der Waals surface area contributed by atoms with Crippen LogP contribution in [0.5, 0.6) is 0 Å². The highest BCUT2D eigenvalue weighted by Crippen LogP contribution is 2.27. The first-order valence-corrected chi connectivity index (χ1v) is 8.21. The molecule has 2 unspecified atom stereocenters. The van der Waals surface area contributed by atoms with Gasteiger partial charge in [0.2, 0.25) is 5.91 Å². The molecular weight excluding hydrogens is 280 g/mol. The highest BCUT2D eigenvalue weighted by molar-refractivity contribution is 7.98. The predicted octanol–water partition coefficient (Wildman–Crippen LogP) is 2.91. The van der Waals surface area contributed by atoms with E-state index in [-0.39, 0.29) is 18.1 Å². The minimum Gasteiger partial charge on any atom is -0.322 e. The number of nitrogens with zero attached hydrogens (tertiary/aromatic N) is 1. The molecule has 3 nitrogen and oxygen atoms in total. The minimum atomic E-state index is -0.127. The first kappa shape index (κ1) is 14.7. The second-order valence-corrected chi connectivity index (χ2v) is 6.15. The van der Waals surface area contributed by atoms with Crippen LogP contribution in [-0.2, 0) is 4.79 Å². The van der Waals surface area contributed by atoms with Crippen LogP contribution in [0, 0.1) is 0 Å². The van der Waals surface area contributed by atoms with Crippen LogP contribution >= 0.6 is 23.4 Å². The van der Waals surface area contributed by atoms with E-state index in [1.807, 2.05) is 47.9 Å². The molecule has 1 aromatic rings. The summed E-state index contributed by atoms with van der Waals surface area (Å²) in [6.07, 6.45) is 3.04. The molecule has 0 radical (unpaired) electrons. The van der Waals surface area contributed by atoms with Crippen LogP contribution in [0.4, 0.5) is 0 Å². The van der Waals surface area contributed by atoms with Gasteiger partial charge in [-0.25, -0.2) is 0 Å². The molecule has 0 aliphatic carbocycles. The van der Waals surface area contributed by atoms with Gasteiger partial charge < -0.3 is 4.90 Å². The van der Waals surface area contributed by atoms with Gasteiger partial charge in [-0.15, -0.1) is 0 Å². The molecule has 0 saturated carbocycles. The van der Waals surface area contributed by atoms with Crippen molar-refractivity contribution in [3.63, 3.8) is 0 Å². The van der Waals surface area contributed by atoms with E-state index in [4.69, 9.17) is 11.6 Å². The van der Waals surface area contributed by atoms with Crippen LogP contribution in [-0.4, -0.2) is 35.4 Å². The van der Waals surface area contributed by atoms with Crippen LogP contribution in [0.25, 0.3) is 0 Å². The van der Waals surface area contributed by atoms with Crippen LogP contribution in [0.2, 0.25) is 5.02 Å². The summed E-state index contributed by atoms with van der Waals surface area (Å²) in [4.78, 5) is 14.1. The molecule has 1 fully saturated rings. The fourth-order valence-corrected chi connectivity index (χ4v) is 2.96. The van der Waals surface area contributed by atoms with Gasteiger partial charge >= 0.3 is 0 Å². The molecule has 1 amide bonds. The molecule has 104 valence electrons. The number of carbonyl (C=O) groups excluding carboxylic acids is 1. The molecule has 0 spiro atoms. The van der Waals surface area contributed by atoms with Gasteiger partial charge in [0.15, 0.2) is 0 Å². The van der Waals surface area contributed by atoms with E-state index in [0.717, 1.165) is 24.3 Å². The van der Waals surface area contributed by atoms with E-state index in [9.17, 15) is 4.79 Å². The molecule has 5 heteroatoms. The van der Waals surface area contributed by atoms with Crippen LogP contribution in [0.1, 0.15) is 25.1 Å². The Morgan fingerprint density at radius 1 is 1.47 bits per heavy atom. The molecule has 1 heterocycles. The van der Waals surface area contributed by atoms with Crippen LogP contribution in [0.3, 0.4) is 0 Å². The Kier molecular flexibility index (Phi) is 5.13. The Bertz CT molecular complexity index is 455. The Morgan fingerprint density at radius 3 is 2.95 bits per heavy atom. The van der Waals surface area contributed by atoms with Gasteiger partial charge in [0, 0.05) is 11.6 Å². The maximum absolute atomic E-state index is 12.2.